The van der Waals surface area contributed by atoms with Crippen molar-refractivity contribution in [1.29, 1.82) is 0 Å². The van der Waals surface area contributed by atoms with Gasteiger partial charge in [0.1, 0.15) is 5.76 Å². The number of carbonyl (C=O) groups is 2. The van der Waals surface area contributed by atoms with E-state index in [1.807, 2.05) is 12.2 Å². The smallest absolute Gasteiger partial charge is 0.422 e. The van der Waals surface area contributed by atoms with E-state index in [0.717, 1.165) is 0 Å². The highest BCUT2D eigenvalue weighted by atomic mass is 19.4. The first kappa shape index (κ1) is 16.8. The Bertz CT molecular complexity index is 529. The molecule has 0 saturated carbocycles. The number of aryl methyl sites for hydroxylation is 1. The maximum Gasteiger partial charge on any atom is 0.422 e. The number of nitrogens with one attached hydrogen (secondary N) is 2. The summed E-state index contributed by atoms with van der Waals surface area (Å²) in [5, 5.41) is 12.1. The van der Waals surface area contributed by atoms with Gasteiger partial charge in [0.15, 0.2) is 0 Å². The van der Waals surface area contributed by atoms with E-state index in [-0.39, 0.29) is 12.4 Å². The second-order valence-electron chi connectivity index (χ2n) is 4.31. The number of aliphatic carboxylic acids is 1. The summed E-state index contributed by atoms with van der Waals surface area (Å²) in [6.45, 7) is 1.90. The molecule has 1 atom stereocenters. The maximum atomic E-state index is 12.7. The van der Waals surface area contributed by atoms with E-state index in [4.69, 9.17) is 9.52 Å². The minimum absolute atomic E-state index is 0.103. The van der Waals surface area contributed by atoms with E-state index < -0.39 is 23.7 Å². The Morgan fingerprint density at radius 3 is 2.48 bits per heavy atom. The molecule has 3 N–H and O–H groups in total. The molecule has 0 aliphatic rings. The molecule has 21 heavy (non-hydrogen) atoms. The molecular formula is C11H14F3N3O4. The summed E-state index contributed by atoms with van der Waals surface area (Å²) in [5.41, 5.74) is -3.39. The molecule has 1 unspecified atom stereocenters. The number of aromatic nitrogens is 1. The quantitative estimate of drug-likeness (QED) is 0.763. The first-order chi connectivity index (χ1) is 9.60. The Morgan fingerprint density at radius 1 is 1.43 bits per heavy atom. The molecule has 0 aromatic carbocycles. The van der Waals surface area contributed by atoms with E-state index in [1.165, 1.54) is 11.5 Å². The van der Waals surface area contributed by atoms with Gasteiger partial charge in [0.25, 0.3) is 0 Å². The van der Waals surface area contributed by atoms with Crippen LogP contribution >= 0.6 is 0 Å². The lowest BCUT2D eigenvalue weighted by Gasteiger charge is -2.28. The third-order valence-corrected chi connectivity index (χ3v) is 2.71. The fraction of sp³-hybridized carbons (Fsp3) is 0.545. The number of carboxylic acid groups (broad SMARTS) is 1. The lowest BCUT2D eigenvalue weighted by Crippen LogP contribution is -2.63. The van der Waals surface area contributed by atoms with Crippen molar-refractivity contribution < 1.29 is 32.3 Å². The molecule has 0 aliphatic heterocycles. The summed E-state index contributed by atoms with van der Waals surface area (Å²) >= 11 is 0. The number of urea groups is 1. The third kappa shape index (κ3) is 3.86. The van der Waals surface area contributed by atoms with Crippen LogP contribution in [-0.2, 0) is 17.8 Å². The number of nitrogens with zero attached hydrogens (tertiary/aromatic N) is 1. The molecular weight excluding hydrogens is 295 g/mol. The number of rotatable bonds is 5. The van der Waals surface area contributed by atoms with E-state index >= 15 is 0 Å². The summed E-state index contributed by atoms with van der Waals surface area (Å²) in [6.07, 6.45) is -3.15. The predicted octanol–water partition coefficient (Wildman–Crippen LogP) is 1.44. The van der Waals surface area contributed by atoms with Crippen molar-refractivity contribution >= 4 is 12.0 Å². The first-order valence-electron chi connectivity index (χ1n) is 5.90. The molecule has 0 radical (unpaired) electrons. The molecule has 0 saturated heterocycles. The van der Waals surface area contributed by atoms with Crippen molar-refractivity contribution in [1.82, 2.24) is 15.6 Å². The minimum atomic E-state index is -5.14. The van der Waals surface area contributed by atoms with Crippen molar-refractivity contribution in [3.05, 3.63) is 17.8 Å². The number of hydrogen-bond acceptors (Lipinski definition) is 4. The van der Waals surface area contributed by atoms with Crippen LogP contribution in [-0.4, -0.2) is 33.8 Å². The lowest BCUT2D eigenvalue weighted by atomic mass is 10.0. The fourth-order valence-corrected chi connectivity index (χ4v) is 1.27. The molecule has 1 aromatic rings. The second-order valence-corrected chi connectivity index (χ2v) is 4.31. The molecule has 1 heterocycles. The van der Waals surface area contributed by atoms with Gasteiger partial charge in [-0.25, -0.2) is 14.6 Å². The number of oxazole rings is 1. The Hall–Kier alpha value is -2.26. The van der Waals surface area contributed by atoms with E-state index in [0.29, 0.717) is 19.1 Å². The molecule has 0 spiro atoms. The molecule has 1 rings (SSSR count). The number of carboxylic acids is 1. The van der Waals surface area contributed by atoms with Gasteiger partial charge < -0.3 is 20.2 Å². The Morgan fingerprint density at radius 2 is 2.05 bits per heavy atom. The molecule has 10 heteroatoms. The third-order valence-electron chi connectivity index (χ3n) is 2.71. The summed E-state index contributed by atoms with van der Waals surface area (Å²) in [7, 11) is 0. The van der Waals surface area contributed by atoms with Crippen LogP contribution in [0.1, 0.15) is 25.5 Å². The predicted molar refractivity (Wildman–Crippen MR) is 63.3 cm³/mol. The zero-order chi connectivity index (χ0) is 16.3. The molecule has 118 valence electrons. The largest absolute Gasteiger partial charge is 0.479 e. The highest BCUT2D eigenvalue weighted by Gasteiger charge is 2.58. The zero-order valence-electron chi connectivity index (χ0n) is 11.2. The van der Waals surface area contributed by atoms with Crippen LogP contribution in [0.4, 0.5) is 18.0 Å². The van der Waals surface area contributed by atoms with Crippen LogP contribution in [0, 0.1) is 0 Å². The van der Waals surface area contributed by atoms with Crippen LogP contribution in [0.15, 0.2) is 10.6 Å². The van der Waals surface area contributed by atoms with Crippen molar-refractivity contribution in [3.63, 3.8) is 0 Å². The Balaban J connectivity index is 2.65. The van der Waals surface area contributed by atoms with Gasteiger partial charge >= 0.3 is 18.2 Å². The SMILES string of the molecule is CCc1cnc(CNC(=O)NC(C)(C(=O)O)C(F)(F)F)o1. The van der Waals surface area contributed by atoms with Gasteiger partial charge in [0.05, 0.1) is 12.7 Å². The van der Waals surface area contributed by atoms with E-state index in [2.05, 4.69) is 4.98 Å². The van der Waals surface area contributed by atoms with Crippen molar-refractivity contribution in [2.24, 2.45) is 0 Å². The fourth-order valence-electron chi connectivity index (χ4n) is 1.27. The van der Waals surface area contributed by atoms with Crippen molar-refractivity contribution in [3.8, 4) is 0 Å². The Kier molecular flexibility index (Phi) is 4.81. The van der Waals surface area contributed by atoms with Crippen LogP contribution in [0.25, 0.3) is 0 Å². The highest BCUT2D eigenvalue weighted by molar-refractivity contribution is 5.86. The summed E-state index contributed by atoms with van der Waals surface area (Å²) < 4.78 is 43.2. The average Bonchev–Trinajstić information content (AvgIpc) is 2.82. The topological polar surface area (TPSA) is 104 Å². The lowest BCUT2D eigenvalue weighted by molar-refractivity contribution is -0.203. The molecule has 7 nitrogen and oxygen atoms in total. The van der Waals surface area contributed by atoms with Gasteiger partial charge in [0, 0.05) is 6.42 Å². The van der Waals surface area contributed by atoms with Gasteiger partial charge in [-0.2, -0.15) is 13.2 Å². The average molecular weight is 309 g/mol. The van der Waals surface area contributed by atoms with Gasteiger partial charge in [-0.1, -0.05) is 6.92 Å². The standard InChI is InChI=1S/C11H14F3N3O4/c1-3-6-4-15-7(21-6)5-16-9(20)17-10(2,8(18)19)11(12,13)14/h4H,3,5H2,1-2H3,(H,18,19)(H2,16,17,20). The number of alkyl halides is 3. The second kappa shape index (κ2) is 6.02. The van der Waals surface area contributed by atoms with E-state index in [1.54, 1.807) is 0 Å². The first-order valence-corrected chi connectivity index (χ1v) is 5.90. The van der Waals surface area contributed by atoms with Crippen LogP contribution in [0.2, 0.25) is 0 Å². The summed E-state index contributed by atoms with van der Waals surface area (Å²) in [5.74, 6) is -1.56. The number of halogens is 3. The summed E-state index contributed by atoms with van der Waals surface area (Å²) in [4.78, 5) is 25.9. The highest BCUT2D eigenvalue weighted by Crippen LogP contribution is 2.30. The molecule has 0 fully saturated rings. The van der Waals surface area contributed by atoms with Crippen LogP contribution in [0.3, 0.4) is 0 Å². The maximum absolute atomic E-state index is 12.7. The minimum Gasteiger partial charge on any atom is -0.479 e. The normalized spacial score (nSPS) is 14.3. The Labute approximate surface area is 117 Å². The monoisotopic (exact) mass is 309 g/mol. The van der Waals surface area contributed by atoms with Crippen molar-refractivity contribution in [2.75, 3.05) is 0 Å². The van der Waals surface area contributed by atoms with Crippen molar-refractivity contribution in [2.45, 2.75) is 38.5 Å². The zero-order valence-corrected chi connectivity index (χ0v) is 11.2. The molecule has 2 amide bonds. The van der Waals surface area contributed by atoms with Gasteiger partial charge in [0.2, 0.25) is 11.4 Å². The number of amides is 2. The molecule has 0 aliphatic carbocycles. The molecule has 1 aromatic heterocycles. The molecule has 0 bridgehead atoms. The number of hydrogen-bond donors (Lipinski definition) is 3. The summed E-state index contributed by atoms with van der Waals surface area (Å²) in [6, 6.07) is -1.30. The van der Waals surface area contributed by atoms with Crippen LogP contribution < -0.4 is 10.6 Å². The van der Waals surface area contributed by atoms with Gasteiger partial charge in [-0.15, -0.1) is 0 Å². The van der Waals surface area contributed by atoms with Crippen LogP contribution in [0.5, 0.6) is 0 Å². The van der Waals surface area contributed by atoms with E-state index in [9.17, 15) is 22.8 Å². The van der Waals surface area contributed by atoms with Gasteiger partial charge in [-0.05, 0) is 6.92 Å². The van der Waals surface area contributed by atoms with Gasteiger partial charge in [-0.3, -0.25) is 0 Å². The number of carbonyl (C=O) groups excluding carboxylic acids is 1.